The molecule has 0 aliphatic heterocycles. The summed E-state index contributed by atoms with van der Waals surface area (Å²) in [6.07, 6.45) is 0. The average Bonchev–Trinajstić information content (AvgIpc) is 2.64. The van der Waals surface area contributed by atoms with Gasteiger partial charge in [0.05, 0.1) is 0 Å². The number of benzene rings is 3. The molecule has 4 nitrogen and oxygen atoms in total. The van der Waals surface area contributed by atoms with E-state index in [0.29, 0.717) is 12.1 Å². The molecule has 0 aliphatic carbocycles. The molecule has 1 heterocycles. The Morgan fingerprint density at radius 1 is 1.00 bits per heavy atom. The van der Waals surface area contributed by atoms with E-state index in [1.165, 1.54) is 28.5 Å². The number of hydrogen-bond acceptors (Lipinski definition) is 4. The minimum Gasteiger partial charge on any atom is -0.508 e. The predicted octanol–water partition coefficient (Wildman–Crippen LogP) is 4.50. The van der Waals surface area contributed by atoms with Gasteiger partial charge in [-0.3, -0.25) is 0 Å². The molecule has 0 bridgehead atoms. The van der Waals surface area contributed by atoms with Crippen molar-refractivity contribution in [1.29, 1.82) is 0 Å². The summed E-state index contributed by atoms with van der Waals surface area (Å²) in [5.74, 6) is 0.0786. The van der Waals surface area contributed by atoms with Crippen molar-refractivity contribution in [2.24, 2.45) is 0 Å². The third-order valence-electron chi connectivity index (χ3n) is 4.70. The zero-order valence-electron chi connectivity index (χ0n) is 14.4. The van der Waals surface area contributed by atoms with Crippen molar-refractivity contribution in [3.63, 3.8) is 0 Å². The first-order valence-electron chi connectivity index (χ1n) is 8.58. The van der Waals surface area contributed by atoms with Gasteiger partial charge in [0.15, 0.2) is 0 Å². The molecule has 0 fully saturated rings. The first-order chi connectivity index (χ1) is 12.6. The minimum absolute atomic E-state index is 0.0786. The summed E-state index contributed by atoms with van der Waals surface area (Å²) in [6, 6.07) is 21.0. The smallest absolute Gasteiger partial charge is 0.336 e. The zero-order chi connectivity index (χ0) is 18.1. The summed E-state index contributed by atoms with van der Waals surface area (Å²) in [6.45, 7) is 2.64. The van der Waals surface area contributed by atoms with E-state index >= 15 is 0 Å². The zero-order valence-corrected chi connectivity index (χ0v) is 14.4. The lowest BCUT2D eigenvalue weighted by Gasteiger charge is -2.17. The van der Waals surface area contributed by atoms with E-state index in [9.17, 15) is 9.90 Å². The Labute approximate surface area is 150 Å². The summed E-state index contributed by atoms with van der Waals surface area (Å²) >= 11 is 0. The Kier molecular flexibility index (Phi) is 4.19. The van der Waals surface area contributed by atoms with Crippen LogP contribution >= 0.6 is 0 Å². The van der Waals surface area contributed by atoms with E-state index in [1.54, 1.807) is 12.1 Å². The maximum absolute atomic E-state index is 11.8. The van der Waals surface area contributed by atoms with Crippen molar-refractivity contribution in [1.82, 2.24) is 5.32 Å². The van der Waals surface area contributed by atoms with Gasteiger partial charge in [0, 0.05) is 30.1 Å². The monoisotopic (exact) mass is 345 g/mol. The second-order valence-electron chi connectivity index (χ2n) is 6.44. The number of rotatable bonds is 4. The van der Waals surface area contributed by atoms with Gasteiger partial charge in [-0.25, -0.2) is 4.79 Å². The Morgan fingerprint density at radius 2 is 1.81 bits per heavy atom. The van der Waals surface area contributed by atoms with Crippen LogP contribution in [0.3, 0.4) is 0 Å². The van der Waals surface area contributed by atoms with E-state index in [-0.39, 0.29) is 11.8 Å². The fourth-order valence-corrected chi connectivity index (χ4v) is 3.37. The van der Waals surface area contributed by atoms with Crippen molar-refractivity contribution in [3.05, 3.63) is 88.3 Å². The topological polar surface area (TPSA) is 62.5 Å². The maximum Gasteiger partial charge on any atom is 0.336 e. The molecule has 4 heteroatoms. The largest absolute Gasteiger partial charge is 0.508 e. The molecule has 4 aromatic rings. The van der Waals surface area contributed by atoms with Crippen LogP contribution in [-0.4, -0.2) is 5.11 Å². The second kappa shape index (κ2) is 6.65. The summed E-state index contributed by atoms with van der Waals surface area (Å²) in [7, 11) is 0. The Hall–Kier alpha value is -3.11. The van der Waals surface area contributed by atoms with E-state index < -0.39 is 5.63 Å². The standard InChI is InChI=1S/C22H19NO3/c1-14(18-8-4-6-15-5-2-3-7-19(15)18)23-13-16-11-22(25)26-21-12-17(24)9-10-20(16)21/h2-12,14,23-24H,13H2,1H3/t14-/m1/s1. The summed E-state index contributed by atoms with van der Waals surface area (Å²) in [5, 5.41) is 16.3. The highest BCUT2D eigenvalue weighted by Gasteiger charge is 2.11. The summed E-state index contributed by atoms with van der Waals surface area (Å²) < 4.78 is 5.19. The van der Waals surface area contributed by atoms with Crippen LogP contribution in [0.1, 0.15) is 24.1 Å². The molecule has 3 aromatic carbocycles. The van der Waals surface area contributed by atoms with Crippen molar-refractivity contribution >= 4 is 21.7 Å². The van der Waals surface area contributed by atoms with Crippen LogP contribution in [0.15, 0.2) is 75.9 Å². The number of phenolic OH excluding ortho intramolecular Hbond substituents is 1. The van der Waals surface area contributed by atoms with Crippen molar-refractivity contribution in [2.45, 2.75) is 19.5 Å². The Morgan fingerprint density at radius 3 is 2.69 bits per heavy atom. The van der Waals surface area contributed by atoms with Gasteiger partial charge in [-0.05, 0) is 41.0 Å². The number of fused-ring (bicyclic) bond motifs is 2. The first-order valence-corrected chi connectivity index (χ1v) is 8.58. The van der Waals surface area contributed by atoms with Crippen LogP contribution in [0.25, 0.3) is 21.7 Å². The molecule has 0 saturated heterocycles. The third kappa shape index (κ3) is 3.07. The van der Waals surface area contributed by atoms with Crippen LogP contribution in [0.5, 0.6) is 5.75 Å². The molecule has 1 atom stereocenters. The molecule has 2 N–H and O–H groups in total. The lowest BCUT2D eigenvalue weighted by molar-refractivity contribution is 0.473. The predicted molar refractivity (Wildman–Crippen MR) is 103 cm³/mol. The van der Waals surface area contributed by atoms with Gasteiger partial charge in [0.2, 0.25) is 0 Å². The van der Waals surface area contributed by atoms with E-state index in [2.05, 4.69) is 42.6 Å². The van der Waals surface area contributed by atoms with E-state index in [4.69, 9.17) is 4.42 Å². The minimum atomic E-state index is -0.419. The molecule has 130 valence electrons. The summed E-state index contributed by atoms with van der Waals surface area (Å²) in [4.78, 5) is 11.8. The highest BCUT2D eigenvalue weighted by Crippen LogP contribution is 2.25. The first kappa shape index (κ1) is 16.4. The highest BCUT2D eigenvalue weighted by atomic mass is 16.4. The lowest BCUT2D eigenvalue weighted by Crippen LogP contribution is -2.19. The Bertz CT molecular complexity index is 1140. The van der Waals surface area contributed by atoms with Gasteiger partial charge in [-0.2, -0.15) is 0 Å². The molecular weight excluding hydrogens is 326 g/mol. The van der Waals surface area contributed by atoms with E-state index in [0.717, 1.165) is 10.9 Å². The van der Waals surface area contributed by atoms with Gasteiger partial charge >= 0.3 is 5.63 Å². The van der Waals surface area contributed by atoms with Crippen molar-refractivity contribution in [2.75, 3.05) is 0 Å². The molecule has 0 aliphatic rings. The molecule has 0 unspecified atom stereocenters. The normalized spacial score (nSPS) is 12.5. The molecule has 0 amide bonds. The quantitative estimate of drug-likeness (QED) is 0.535. The van der Waals surface area contributed by atoms with Crippen LogP contribution in [0.4, 0.5) is 0 Å². The Balaban J connectivity index is 1.65. The van der Waals surface area contributed by atoms with Crippen LogP contribution in [0, 0.1) is 0 Å². The maximum atomic E-state index is 11.8. The average molecular weight is 345 g/mol. The van der Waals surface area contributed by atoms with Crippen molar-refractivity contribution < 1.29 is 9.52 Å². The molecule has 0 spiro atoms. The molecule has 4 rings (SSSR count). The van der Waals surface area contributed by atoms with E-state index in [1.807, 2.05) is 12.1 Å². The number of phenols is 1. The van der Waals surface area contributed by atoms with Gasteiger partial charge in [0.25, 0.3) is 0 Å². The van der Waals surface area contributed by atoms with Gasteiger partial charge < -0.3 is 14.8 Å². The van der Waals surface area contributed by atoms with Gasteiger partial charge in [0.1, 0.15) is 11.3 Å². The fraction of sp³-hybridized carbons (Fsp3) is 0.136. The molecule has 0 saturated carbocycles. The van der Waals surface area contributed by atoms with Crippen LogP contribution in [-0.2, 0) is 6.54 Å². The lowest BCUT2D eigenvalue weighted by atomic mass is 9.99. The SMILES string of the molecule is C[C@@H](NCc1cc(=O)oc2cc(O)ccc12)c1cccc2ccccc12. The molecule has 0 radical (unpaired) electrons. The third-order valence-corrected chi connectivity index (χ3v) is 4.70. The number of aromatic hydroxyl groups is 1. The fourth-order valence-electron chi connectivity index (χ4n) is 3.37. The second-order valence-corrected chi connectivity index (χ2v) is 6.44. The highest BCUT2D eigenvalue weighted by molar-refractivity contribution is 5.86. The van der Waals surface area contributed by atoms with Gasteiger partial charge in [-0.1, -0.05) is 42.5 Å². The van der Waals surface area contributed by atoms with Crippen LogP contribution < -0.4 is 10.9 Å². The van der Waals surface area contributed by atoms with Crippen LogP contribution in [0.2, 0.25) is 0 Å². The van der Waals surface area contributed by atoms with Gasteiger partial charge in [-0.15, -0.1) is 0 Å². The number of nitrogens with one attached hydrogen (secondary N) is 1. The summed E-state index contributed by atoms with van der Waals surface area (Å²) in [5.41, 5.74) is 2.04. The van der Waals surface area contributed by atoms with Crippen molar-refractivity contribution in [3.8, 4) is 5.75 Å². The molecule has 26 heavy (non-hydrogen) atoms. The number of hydrogen-bond donors (Lipinski definition) is 2. The molecular formula is C22H19NO3. The molecule has 1 aromatic heterocycles.